The zero-order chi connectivity index (χ0) is 6.95. The van der Waals surface area contributed by atoms with Crippen LogP contribution in [0.3, 0.4) is 0 Å². The minimum Gasteiger partial charge on any atom is -0.668 e. The molecule has 0 spiro atoms. The van der Waals surface area contributed by atoms with Crippen molar-refractivity contribution in [2.75, 3.05) is 27.2 Å². The Kier molecular flexibility index (Phi) is 17.2. The molecule has 10 heavy (non-hydrogen) atoms. The van der Waals surface area contributed by atoms with Crippen LogP contribution >= 0.6 is 0 Å². The van der Waals surface area contributed by atoms with E-state index < -0.39 is 0 Å². The molecule has 1 aliphatic rings. The van der Waals surface area contributed by atoms with Gasteiger partial charge in [0.25, 0.3) is 0 Å². The molecule has 59 valence electrons. The molecule has 1 aliphatic heterocycles. The molecule has 0 aromatic rings. The molecular weight excluding hydrogens is 201 g/mol. The fourth-order valence-electron chi connectivity index (χ4n) is 0.678. The fraction of sp³-hybridized carbons (Fsp3) is 0.857. The van der Waals surface area contributed by atoms with Crippen molar-refractivity contribution >= 4 is 0 Å². The molecule has 1 radical (unpaired) electrons. The van der Waals surface area contributed by atoms with Crippen LogP contribution in [0.4, 0.5) is 0 Å². The quantitative estimate of drug-likeness (QED) is 0.606. The zero-order valence-electron chi connectivity index (χ0n) is 6.93. The Morgan fingerprint density at radius 3 is 1.70 bits per heavy atom. The van der Waals surface area contributed by atoms with E-state index in [-0.39, 0.29) is 32.7 Å². The van der Waals surface area contributed by atoms with Gasteiger partial charge >= 0.3 is 0 Å². The van der Waals surface area contributed by atoms with Crippen molar-refractivity contribution in [1.82, 2.24) is 5.32 Å². The fourth-order valence-corrected chi connectivity index (χ4v) is 0.678. The van der Waals surface area contributed by atoms with Crippen LogP contribution in [0.15, 0.2) is 0 Å². The second-order valence-corrected chi connectivity index (χ2v) is 2.06. The van der Waals surface area contributed by atoms with Crippen LogP contribution in [-0.2, 0) is 32.7 Å². The summed E-state index contributed by atoms with van der Waals surface area (Å²) in [4.78, 5) is 0. The summed E-state index contributed by atoms with van der Waals surface area (Å²) < 4.78 is 0. The summed E-state index contributed by atoms with van der Waals surface area (Å²) in [5.74, 6) is 0. The van der Waals surface area contributed by atoms with Crippen molar-refractivity contribution in [2.45, 2.75) is 12.8 Å². The van der Waals surface area contributed by atoms with Crippen LogP contribution < -0.4 is 5.32 Å². The van der Waals surface area contributed by atoms with Gasteiger partial charge in [-0.2, -0.15) is 26.9 Å². The Hall–Kier alpha value is 1.02. The van der Waals surface area contributed by atoms with Crippen LogP contribution in [0, 0.1) is 6.42 Å². The van der Waals surface area contributed by atoms with Crippen LogP contribution in [-0.4, -0.2) is 27.2 Å². The molecule has 1 N–H and O–H groups in total. The normalized spacial score (nSPS) is 16.2. The van der Waals surface area contributed by atoms with Gasteiger partial charge in [0.2, 0.25) is 0 Å². The van der Waals surface area contributed by atoms with Gasteiger partial charge in [0.05, 0.1) is 0 Å². The van der Waals surface area contributed by atoms with E-state index >= 15 is 0 Å². The summed E-state index contributed by atoms with van der Waals surface area (Å²) in [7, 11) is 3.50. The molecule has 1 fully saturated rings. The minimum atomic E-state index is 0. The number of nitrogens with zero attached hydrogens (tertiary/aromatic N) is 1. The predicted octanol–water partition coefficient (Wildman–Crippen LogP) is 1.19. The molecule has 0 unspecified atom stereocenters. The molecule has 1 saturated heterocycles. The molecule has 1 rings (SSSR count). The average molecular weight is 217 g/mol. The molecule has 3 heteroatoms. The van der Waals surface area contributed by atoms with E-state index in [1.165, 1.54) is 25.9 Å². The van der Waals surface area contributed by atoms with Gasteiger partial charge in [-0.05, 0) is 13.1 Å². The first-order chi connectivity index (χ1) is 4.41. The third-order valence-corrected chi connectivity index (χ3v) is 1.05. The number of hydrogen-bond acceptors (Lipinski definition) is 1. The van der Waals surface area contributed by atoms with Crippen molar-refractivity contribution in [3.63, 3.8) is 0 Å². The summed E-state index contributed by atoms with van der Waals surface area (Å²) in [6, 6.07) is 0. The molecule has 2 nitrogen and oxygen atoms in total. The number of rotatable bonds is 0. The summed E-state index contributed by atoms with van der Waals surface area (Å²) in [6.45, 7) is 2.39. The molecule has 0 aromatic heterocycles. The maximum Gasteiger partial charge on any atom is 0 e. The van der Waals surface area contributed by atoms with Crippen molar-refractivity contribution in [1.29, 1.82) is 0 Å². The Labute approximate surface area is 89.4 Å². The first-order valence-corrected chi connectivity index (χ1v) is 3.42. The zero-order valence-corrected chi connectivity index (χ0v) is 9.77. The molecule has 0 saturated carbocycles. The van der Waals surface area contributed by atoms with E-state index in [1.54, 1.807) is 14.1 Å². The van der Waals surface area contributed by atoms with Crippen molar-refractivity contribution in [2.24, 2.45) is 0 Å². The van der Waals surface area contributed by atoms with E-state index in [4.69, 9.17) is 0 Å². The van der Waals surface area contributed by atoms with Gasteiger partial charge in [0.15, 0.2) is 0 Å². The predicted molar refractivity (Wildman–Crippen MR) is 41.6 cm³/mol. The molecule has 0 bridgehead atoms. The Morgan fingerprint density at radius 2 is 1.60 bits per heavy atom. The van der Waals surface area contributed by atoms with Gasteiger partial charge < -0.3 is 17.1 Å². The summed E-state index contributed by atoms with van der Waals surface area (Å²) in [6.07, 6.45) is 4.86. The third kappa shape index (κ3) is 11.8. The Bertz CT molecular complexity index is 35.4. The molecular formula is C7H16N2Y-2. The van der Waals surface area contributed by atoms with Gasteiger partial charge in [-0.25, -0.2) is 0 Å². The summed E-state index contributed by atoms with van der Waals surface area (Å²) >= 11 is 0. The minimum absolute atomic E-state index is 0. The first kappa shape index (κ1) is 13.6. The van der Waals surface area contributed by atoms with Gasteiger partial charge in [-0.3, -0.25) is 0 Å². The van der Waals surface area contributed by atoms with E-state index in [1.807, 2.05) is 0 Å². The van der Waals surface area contributed by atoms with Crippen LogP contribution in [0.2, 0.25) is 0 Å². The van der Waals surface area contributed by atoms with Crippen LogP contribution in [0.25, 0.3) is 5.32 Å². The number of nitrogens with one attached hydrogen (secondary N) is 1. The average Bonchev–Trinajstić information content (AvgIpc) is 1.93. The monoisotopic (exact) mass is 217 g/mol. The van der Waals surface area contributed by atoms with Gasteiger partial charge in [0.1, 0.15) is 0 Å². The van der Waals surface area contributed by atoms with Crippen molar-refractivity contribution in [3.05, 3.63) is 11.7 Å². The van der Waals surface area contributed by atoms with Gasteiger partial charge in [0, 0.05) is 32.7 Å². The van der Waals surface area contributed by atoms with Gasteiger partial charge in [-0.1, -0.05) is 0 Å². The first-order valence-electron chi connectivity index (χ1n) is 3.42. The second-order valence-electron chi connectivity index (χ2n) is 2.06. The molecule has 0 aromatic carbocycles. The Balaban J connectivity index is 0. The topological polar surface area (TPSA) is 26.1 Å². The van der Waals surface area contributed by atoms with E-state index in [9.17, 15) is 0 Å². The maximum absolute atomic E-state index is 3.50. The summed E-state index contributed by atoms with van der Waals surface area (Å²) in [5.41, 5.74) is 0. The molecule has 0 atom stereocenters. The van der Waals surface area contributed by atoms with E-state index in [2.05, 4.69) is 17.1 Å². The van der Waals surface area contributed by atoms with Crippen LogP contribution in [0.1, 0.15) is 12.8 Å². The standard InChI is InChI=1S/C5H10N.C2H6N.Y/c1-2-4-6-5-3-1;1-3-2;/h1,6H,2-5H2;1-2H3;/q2*-1;. The maximum atomic E-state index is 3.50. The SMILES string of the molecule is C[N-]C.[CH-]1CCNCC1.[Y]. The number of hydrogen-bond donors (Lipinski definition) is 1. The van der Waals surface area contributed by atoms with Crippen molar-refractivity contribution in [3.8, 4) is 0 Å². The number of piperidine rings is 1. The van der Waals surface area contributed by atoms with Crippen molar-refractivity contribution < 1.29 is 32.7 Å². The molecule has 0 aliphatic carbocycles. The van der Waals surface area contributed by atoms with E-state index in [0.717, 1.165) is 0 Å². The van der Waals surface area contributed by atoms with E-state index in [0.29, 0.717) is 0 Å². The molecule has 0 amide bonds. The molecule has 1 heterocycles. The summed E-state index contributed by atoms with van der Waals surface area (Å²) in [5, 5.41) is 6.75. The second kappa shape index (κ2) is 12.7. The third-order valence-electron chi connectivity index (χ3n) is 1.05. The smallest absolute Gasteiger partial charge is 0 e. The Morgan fingerprint density at radius 1 is 1.20 bits per heavy atom. The van der Waals surface area contributed by atoms with Crippen LogP contribution in [0.5, 0.6) is 0 Å². The van der Waals surface area contributed by atoms with Gasteiger partial charge in [-0.15, -0.1) is 0 Å². The largest absolute Gasteiger partial charge is 0.668 e.